The zero-order chi connectivity index (χ0) is 16.9. The summed E-state index contributed by atoms with van der Waals surface area (Å²) in [5.41, 5.74) is 2.12. The standard InChI is InChI=1S/C18H28N2O3/c1-18(2,3)14-6-4-13(5-7-14)16(21)12-20-17(22)10-15-11-19-8-9-23-15/h4-7,15-16,19,21H,8-12H2,1-3H3,(H,20,22). The monoisotopic (exact) mass is 320 g/mol. The number of rotatable bonds is 5. The first-order chi connectivity index (χ1) is 10.9. The lowest BCUT2D eigenvalue weighted by atomic mass is 9.86. The molecule has 5 heteroatoms. The molecule has 1 amide bonds. The van der Waals surface area contributed by atoms with E-state index in [1.54, 1.807) is 0 Å². The van der Waals surface area contributed by atoms with Crippen LogP contribution in [0.4, 0.5) is 0 Å². The third-order valence-corrected chi connectivity index (χ3v) is 4.07. The lowest BCUT2D eigenvalue weighted by molar-refractivity contribution is -0.124. The molecule has 1 aromatic rings. The summed E-state index contributed by atoms with van der Waals surface area (Å²) in [6, 6.07) is 7.90. The number of hydrogen-bond donors (Lipinski definition) is 3. The van der Waals surface area contributed by atoms with E-state index in [4.69, 9.17) is 4.74 Å². The van der Waals surface area contributed by atoms with Crippen molar-refractivity contribution < 1.29 is 14.6 Å². The van der Waals surface area contributed by atoms with E-state index in [-0.39, 0.29) is 24.0 Å². The molecule has 3 N–H and O–H groups in total. The third-order valence-electron chi connectivity index (χ3n) is 4.07. The predicted molar refractivity (Wildman–Crippen MR) is 90.3 cm³/mol. The second-order valence-electron chi connectivity index (χ2n) is 7.09. The Morgan fingerprint density at radius 2 is 2.09 bits per heavy atom. The minimum atomic E-state index is -0.696. The van der Waals surface area contributed by atoms with Crippen LogP contribution in [0.2, 0.25) is 0 Å². The van der Waals surface area contributed by atoms with E-state index < -0.39 is 6.10 Å². The van der Waals surface area contributed by atoms with Crippen molar-refractivity contribution >= 4 is 5.91 Å². The number of aliphatic hydroxyl groups excluding tert-OH is 1. The largest absolute Gasteiger partial charge is 0.387 e. The van der Waals surface area contributed by atoms with Gasteiger partial charge in [0.25, 0.3) is 0 Å². The minimum Gasteiger partial charge on any atom is -0.387 e. The molecule has 1 heterocycles. The summed E-state index contributed by atoms with van der Waals surface area (Å²) >= 11 is 0. The summed E-state index contributed by atoms with van der Waals surface area (Å²) in [4.78, 5) is 11.9. The maximum atomic E-state index is 11.9. The Labute approximate surface area is 138 Å². The molecule has 0 aliphatic carbocycles. The number of carbonyl (C=O) groups excluding carboxylic acids is 1. The fourth-order valence-corrected chi connectivity index (χ4v) is 2.56. The van der Waals surface area contributed by atoms with Crippen LogP contribution in [0.25, 0.3) is 0 Å². The first-order valence-corrected chi connectivity index (χ1v) is 8.24. The van der Waals surface area contributed by atoms with Crippen molar-refractivity contribution in [1.82, 2.24) is 10.6 Å². The Kier molecular flexibility index (Phi) is 6.16. The van der Waals surface area contributed by atoms with Crippen LogP contribution in [0.15, 0.2) is 24.3 Å². The van der Waals surface area contributed by atoms with Crippen LogP contribution in [0.3, 0.4) is 0 Å². The van der Waals surface area contributed by atoms with Crippen molar-refractivity contribution in [3.8, 4) is 0 Å². The molecule has 1 aromatic carbocycles. The van der Waals surface area contributed by atoms with Gasteiger partial charge < -0.3 is 20.5 Å². The Morgan fingerprint density at radius 3 is 2.65 bits per heavy atom. The van der Waals surface area contributed by atoms with Gasteiger partial charge in [-0.05, 0) is 16.5 Å². The van der Waals surface area contributed by atoms with Gasteiger partial charge in [-0.15, -0.1) is 0 Å². The van der Waals surface area contributed by atoms with E-state index in [9.17, 15) is 9.90 Å². The van der Waals surface area contributed by atoms with Crippen molar-refractivity contribution in [2.75, 3.05) is 26.2 Å². The molecule has 1 aliphatic rings. The molecule has 2 rings (SSSR count). The molecule has 23 heavy (non-hydrogen) atoms. The first-order valence-electron chi connectivity index (χ1n) is 8.24. The van der Waals surface area contributed by atoms with Crippen LogP contribution >= 0.6 is 0 Å². The van der Waals surface area contributed by atoms with Gasteiger partial charge in [0, 0.05) is 19.6 Å². The molecule has 0 bridgehead atoms. The number of aliphatic hydroxyl groups is 1. The van der Waals surface area contributed by atoms with Crippen LogP contribution in [0.5, 0.6) is 0 Å². The van der Waals surface area contributed by atoms with E-state index in [0.717, 1.165) is 12.1 Å². The molecule has 0 radical (unpaired) electrons. The Bertz CT molecular complexity index is 502. The summed E-state index contributed by atoms with van der Waals surface area (Å²) in [5.74, 6) is -0.0935. The van der Waals surface area contributed by atoms with Crippen LogP contribution in [-0.4, -0.2) is 43.4 Å². The molecule has 128 valence electrons. The second kappa shape index (κ2) is 7.90. The third kappa shape index (κ3) is 5.61. The molecule has 0 spiro atoms. The van der Waals surface area contributed by atoms with Gasteiger partial charge in [-0.25, -0.2) is 0 Å². The van der Waals surface area contributed by atoms with Crippen molar-refractivity contribution in [2.45, 2.75) is 44.8 Å². The highest BCUT2D eigenvalue weighted by molar-refractivity contribution is 5.76. The molecule has 0 saturated carbocycles. The van der Waals surface area contributed by atoms with E-state index in [0.29, 0.717) is 19.6 Å². The Morgan fingerprint density at radius 1 is 1.39 bits per heavy atom. The van der Waals surface area contributed by atoms with Crippen LogP contribution in [-0.2, 0) is 14.9 Å². The minimum absolute atomic E-state index is 0.0769. The van der Waals surface area contributed by atoms with Crippen molar-refractivity contribution in [3.05, 3.63) is 35.4 Å². The van der Waals surface area contributed by atoms with Crippen LogP contribution in [0.1, 0.15) is 44.4 Å². The van der Waals surface area contributed by atoms with Gasteiger partial charge >= 0.3 is 0 Å². The number of amides is 1. The maximum absolute atomic E-state index is 11.9. The number of benzene rings is 1. The van der Waals surface area contributed by atoms with Crippen molar-refractivity contribution in [1.29, 1.82) is 0 Å². The molecule has 2 unspecified atom stereocenters. The average Bonchev–Trinajstić information content (AvgIpc) is 2.53. The molecule has 0 aromatic heterocycles. The zero-order valence-corrected chi connectivity index (χ0v) is 14.3. The number of carbonyl (C=O) groups is 1. The molecular formula is C18H28N2O3. The molecule has 1 aliphatic heterocycles. The molecule has 5 nitrogen and oxygen atoms in total. The van der Waals surface area contributed by atoms with Gasteiger partial charge in [-0.2, -0.15) is 0 Å². The second-order valence-corrected chi connectivity index (χ2v) is 7.09. The summed E-state index contributed by atoms with van der Waals surface area (Å²) in [5, 5.41) is 16.2. The highest BCUT2D eigenvalue weighted by Gasteiger charge is 2.18. The fraction of sp³-hybridized carbons (Fsp3) is 0.611. The normalized spacial score (nSPS) is 20.1. The van der Waals surface area contributed by atoms with E-state index in [2.05, 4.69) is 31.4 Å². The fourth-order valence-electron chi connectivity index (χ4n) is 2.56. The van der Waals surface area contributed by atoms with E-state index >= 15 is 0 Å². The van der Waals surface area contributed by atoms with Crippen LogP contribution < -0.4 is 10.6 Å². The summed E-state index contributed by atoms with van der Waals surface area (Å²) in [6.45, 7) is 8.85. The van der Waals surface area contributed by atoms with Gasteiger partial charge in [-0.1, -0.05) is 45.0 Å². The number of hydrogen-bond acceptors (Lipinski definition) is 4. The van der Waals surface area contributed by atoms with Crippen molar-refractivity contribution in [3.63, 3.8) is 0 Å². The number of morpholine rings is 1. The summed E-state index contributed by atoms with van der Waals surface area (Å²) in [7, 11) is 0. The van der Waals surface area contributed by atoms with Gasteiger partial charge in [0.15, 0.2) is 0 Å². The first kappa shape index (κ1) is 17.9. The lowest BCUT2D eigenvalue weighted by Gasteiger charge is -2.23. The van der Waals surface area contributed by atoms with E-state index in [1.165, 1.54) is 5.56 Å². The Hall–Kier alpha value is -1.43. The Balaban J connectivity index is 1.79. The van der Waals surface area contributed by atoms with Gasteiger partial charge in [0.1, 0.15) is 0 Å². The molecule has 1 saturated heterocycles. The molecular weight excluding hydrogens is 292 g/mol. The molecule has 2 atom stereocenters. The van der Waals surface area contributed by atoms with Crippen LogP contribution in [0, 0.1) is 0 Å². The number of ether oxygens (including phenoxy) is 1. The lowest BCUT2D eigenvalue weighted by Crippen LogP contribution is -2.41. The summed E-state index contributed by atoms with van der Waals surface area (Å²) in [6.07, 6.45) is -0.451. The highest BCUT2D eigenvalue weighted by atomic mass is 16.5. The number of nitrogens with one attached hydrogen (secondary N) is 2. The predicted octanol–water partition coefficient (Wildman–Crippen LogP) is 1.51. The van der Waals surface area contributed by atoms with Gasteiger partial charge in [-0.3, -0.25) is 4.79 Å². The van der Waals surface area contributed by atoms with Crippen molar-refractivity contribution in [2.24, 2.45) is 0 Å². The van der Waals surface area contributed by atoms with Gasteiger partial charge in [0.2, 0.25) is 5.91 Å². The topological polar surface area (TPSA) is 70.6 Å². The average molecular weight is 320 g/mol. The summed E-state index contributed by atoms with van der Waals surface area (Å²) < 4.78 is 5.50. The van der Waals surface area contributed by atoms with Gasteiger partial charge in [0.05, 0.1) is 25.2 Å². The smallest absolute Gasteiger partial charge is 0.222 e. The molecule has 1 fully saturated rings. The zero-order valence-electron chi connectivity index (χ0n) is 14.3. The SMILES string of the molecule is CC(C)(C)c1ccc(C(O)CNC(=O)CC2CNCCO2)cc1. The highest BCUT2D eigenvalue weighted by Crippen LogP contribution is 2.23. The maximum Gasteiger partial charge on any atom is 0.222 e. The quantitative estimate of drug-likeness (QED) is 0.769. The van der Waals surface area contributed by atoms with E-state index in [1.807, 2.05) is 24.3 Å².